The van der Waals surface area contributed by atoms with Gasteiger partial charge in [0.1, 0.15) is 5.01 Å². The SMILES string of the molecule is CCNC(=NCc1csc(N(C)C)n1)N(C)Cc1nc2c(s1)CCCC2. The summed E-state index contributed by atoms with van der Waals surface area (Å²) in [5, 5.41) is 7.67. The molecule has 0 bridgehead atoms. The average molecular weight is 393 g/mol. The Morgan fingerprint density at radius 3 is 2.73 bits per heavy atom. The van der Waals surface area contributed by atoms with Crippen molar-refractivity contribution in [3.05, 3.63) is 26.7 Å². The molecule has 0 spiro atoms. The maximum absolute atomic E-state index is 4.85. The Morgan fingerprint density at radius 1 is 1.23 bits per heavy atom. The summed E-state index contributed by atoms with van der Waals surface area (Å²) < 4.78 is 0. The normalized spacial score (nSPS) is 14.2. The molecular weight excluding hydrogens is 364 g/mol. The van der Waals surface area contributed by atoms with Crippen LogP contribution in [0.4, 0.5) is 5.13 Å². The Labute approximate surface area is 164 Å². The molecule has 0 aromatic carbocycles. The molecule has 8 heteroatoms. The van der Waals surface area contributed by atoms with Gasteiger partial charge >= 0.3 is 0 Å². The van der Waals surface area contributed by atoms with Crippen molar-refractivity contribution in [2.45, 2.75) is 45.7 Å². The highest BCUT2D eigenvalue weighted by Gasteiger charge is 2.17. The third-order valence-electron chi connectivity index (χ3n) is 4.27. The lowest BCUT2D eigenvalue weighted by Gasteiger charge is -2.20. The minimum Gasteiger partial charge on any atom is -0.357 e. The van der Waals surface area contributed by atoms with E-state index in [1.165, 1.54) is 34.8 Å². The van der Waals surface area contributed by atoms with Crippen molar-refractivity contribution in [1.82, 2.24) is 20.2 Å². The molecule has 142 valence electrons. The molecule has 0 aliphatic heterocycles. The van der Waals surface area contributed by atoms with Gasteiger partial charge in [0.2, 0.25) is 0 Å². The molecule has 2 aromatic rings. The lowest BCUT2D eigenvalue weighted by atomic mass is 10.0. The molecule has 6 nitrogen and oxygen atoms in total. The molecule has 1 aliphatic carbocycles. The van der Waals surface area contributed by atoms with Crippen LogP contribution in [0.5, 0.6) is 0 Å². The second-order valence-electron chi connectivity index (χ2n) is 6.73. The Kier molecular flexibility index (Phi) is 6.48. The summed E-state index contributed by atoms with van der Waals surface area (Å²) in [6.45, 7) is 4.32. The minimum absolute atomic E-state index is 0.589. The number of fused-ring (bicyclic) bond motifs is 1. The summed E-state index contributed by atoms with van der Waals surface area (Å²) in [5.74, 6) is 0.903. The van der Waals surface area contributed by atoms with E-state index in [-0.39, 0.29) is 0 Å². The van der Waals surface area contributed by atoms with E-state index < -0.39 is 0 Å². The van der Waals surface area contributed by atoms with Crippen molar-refractivity contribution in [3.63, 3.8) is 0 Å². The first-order chi connectivity index (χ1) is 12.6. The van der Waals surface area contributed by atoms with Gasteiger partial charge in [0.15, 0.2) is 11.1 Å². The van der Waals surface area contributed by atoms with Crippen LogP contribution < -0.4 is 10.2 Å². The third-order valence-corrected chi connectivity index (χ3v) is 6.47. The molecule has 26 heavy (non-hydrogen) atoms. The highest BCUT2D eigenvalue weighted by Crippen LogP contribution is 2.27. The first-order valence-electron chi connectivity index (χ1n) is 9.15. The molecule has 0 amide bonds. The summed E-state index contributed by atoms with van der Waals surface area (Å²) in [6.07, 6.45) is 4.92. The van der Waals surface area contributed by atoms with Gasteiger partial charge in [0.05, 0.1) is 24.5 Å². The van der Waals surface area contributed by atoms with E-state index >= 15 is 0 Å². The molecule has 2 aromatic heterocycles. The zero-order valence-corrected chi connectivity index (χ0v) is 17.7. The van der Waals surface area contributed by atoms with Crippen molar-refractivity contribution in [2.24, 2.45) is 4.99 Å². The van der Waals surface area contributed by atoms with Gasteiger partial charge < -0.3 is 15.1 Å². The number of anilines is 1. The number of guanidine groups is 1. The minimum atomic E-state index is 0.589. The van der Waals surface area contributed by atoms with E-state index in [9.17, 15) is 0 Å². The van der Waals surface area contributed by atoms with E-state index in [0.717, 1.165) is 36.3 Å². The Hall–Kier alpha value is -1.67. The van der Waals surface area contributed by atoms with Crippen molar-refractivity contribution in [2.75, 3.05) is 32.6 Å². The third kappa shape index (κ3) is 4.73. The van der Waals surface area contributed by atoms with Crippen molar-refractivity contribution in [3.8, 4) is 0 Å². The standard InChI is InChI=1S/C18H28N6S2/c1-5-19-17(20-10-13-12-25-18(21-13)23(2)3)24(4)11-16-22-14-8-6-7-9-15(14)26-16/h12H,5-11H2,1-4H3,(H,19,20). The van der Waals surface area contributed by atoms with Gasteiger partial charge in [-0.2, -0.15) is 0 Å². The van der Waals surface area contributed by atoms with Crippen LogP contribution in [0, 0.1) is 0 Å². The van der Waals surface area contributed by atoms with Crippen LogP contribution in [0.25, 0.3) is 0 Å². The van der Waals surface area contributed by atoms with Gasteiger partial charge in [0.25, 0.3) is 0 Å². The quantitative estimate of drug-likeness (QED) is 0.605. The highest BCUT2D eigenvalue weighted by molar-refractivity contribution is 7.13. The predicted molar refractivity (Wildman–Crippen MR) is 111 cm³/mol. The molecule has 0 atom stereocenters. The summed E-state index contributed by atoms with van der Waals surface area (Å²) in [4.78, 5) is 19.9. The number of thiazole rings is 2. The number of nitrogens with zero attached hydrogens (tertiary/aromatic N) is 5. The molecule has 1 N–H and O–H groups in total. The lowest BCUT2D eigenvalue weighted by Crippen LogP contribution is -2.38. The molecule has 0 saturated heterocycles. The van der Waals surface area contributed by atoms with Crippen LogP contribution in [0.1, 0.15) is 41.0 Å². The van der Waals surface area contributed by atoms with Crippen molar-refractivity contribution >= 4 is 33.8 Å². The molecular formula is C18H28N6S2. The van der Waals surface area contributed by atoms with E-state index in [1.54, 1.807) is 11.3 Å². The van der Waals surface area contributed by atoms with Crippen molar-refractivity contribution in [1.29, 1.82) is 0 Å². The molecule has 2 heterocycles. The van der Waals surface area contributed by atoms with E-state index in [4.69, 9.17) is 9.98 Å². The number of aliphatic imine (C=N–C) groups is 1. The van der Waals surface area contributed by atoms with E-state index in [0.29, 0.717) is 6.54 Å². The number of rotatable bonds is 6. The zero-order chi connectivity index (χ0) is 18.5. The van der Waals surface area contributed by atoms with Crippen LogP contribution in [-0.2, 0) is 25.9 Å². The van der Waals surface area contributed by atoms with E-state index in [1.807, 2.05) is 30.3 Å². The number of aryl methyl sites for hydroxylation is 2. The van der Waals surface area contributed by atoms with Crippen LogP contribution in [0.2, 0.25) is 0 Å². The smallest absolute Gasteiger partial charge is 0.194 e. The summed E-state index contributed by atoms with van der Waals surface area (Å²) in [7, 11) is 6.10. The topological polar surface area (TPSA) is 56.7 Å². The van der Waals surface area contributed by atoms with Crippen molar-refractivity contribution < 1.29 is 0 Å². The van der Waals surface area contributed by atoms with Gasteiger partial charge in [-0.25, -0.2) is 15.0 Å². The maximum atomic E-state index is 4.85. The second-order valence-corrected chi connectivity index (χ2v) is 8.73. The number of nitrogens with one attached hydrogen (secondary N) is 1. The number of hydrogen-bond donors (Lipinski definition) is 1. The second kappa shape index (κ2) is 8.81. The molecule has 3 rings (SSSR count). The Morgan fingerprint density at radius 2 is 2.04 bits per heavy atom. The average Bonchev–Trinajstić information content (AvgIpc) is 3.24. The predicted octanol–water partition coefficient (Wildman–Crippen LogP) is 3.14. The Balaban J connectivity index is 1.66. The van der Waals surface area contributed by atoms with E-state index in [2.05, 4.69) is 34.6 Å². The van der Waals surface area contributed by atoms with Gasteiger partial charge in [0, 0.05) is 37.9 Å². The van der Waals surface area contributed by atoms with Gasteiger partial charge in [-0.15, -0.1) is 22.7 Å². The molecule has 1 aliphatic rings. The summed E-state index contributed by atoms with van der Waals surface area (Å²) in [6, 6.07) is 0. The number of hydrogen-bond acceptors (Lipinski definition) is 6. The molecule has 0 fully saturated rings. The van der Waals surface area contributed by atoms with Crippen LogP contribution >= 0.6 is 22.7 Å². The number of aromatic nitrogens is 2. The summed E-state index contributed by atoms with van der Waals surface area (Å²) in [5.41, 5.74) is 2.33. The van der Waals surface area contributed by atoms with Gasteiger partial charge in [-0.3, -0.25) is 0 Å². The summed E-state index contributed by atoms with van der Waals surface area (Å²) >= 11 is 3.52. The first-order valence-corrected chi connectivity index (χ1v) is 10.8. The van der Waals surface area contributed by atoms with Crippen LogP contribution in [0.3, 0.4) is 0 Å². The molecule has 0 unspecified atom stereocenters. The van der Waals surface area contributed by atoms with Crippen LogP contribution in [-0.4, -0.2) is 48.5 Å². The first kappa shape index (κ1) is 19.1. The van der Waals surface area contributed by atoms with Gasteiger partial charge in [-0.1, -0.05) is 0 Å². The molecule has 0 saturated carbocycles. The maximum Gasteiger partial charge on any atom is 0.194 e. The fraction of sp³-hybridized carbons (Fsp3) is 0.611. The van der Waals surface area contributed by atoms with Gasteiger partial charge in [-0.05, 0) is 32.6 Å². The van der Waals surface area contributed by atoms with Crippen LogP contribution in [0.15, 0.2) is 10.4 Å². The molecule has 0 radical (unpaired) electrons. The fourth-order valence-corrected chi connectivity index (χ4v) is 4.91. The fourth-order valence-electron chi connectivity index (χ4n) is 2.95. The monoisotopic (exact) mass is 392 g/mol. The zero-order valence-electron chi connectivity index (χ0n) is 16.1. The highest BCUT2D eigenvalue weighted by atomic mass is 32.1. The largest absolute Gasteiger partial charge is 0.357 e. The lowest BCUT2D eigenvalue weighted by molar-refractivity contribution is 0.474. The Bertz CT molecular complexity index is 725.